The largest absolute Gasteiger partial charge is 0.339 e. The zero-order valence-electron chi connectivity index (χ0n) is 15.0. The van der Waals surface area contributed by atoms with E-state index in [1.54, 1.807) is 4.31 Å². The molecule has 2 atom stereocenters. The van der Waals surface area contributed by atoms with Crippen molar-refractivity contribution in [3.8, 4) is 11.4 Å². The maximum absolute atomic E-state index is 12.8. The van der Waals surface area contributed by atoms with Crippen LogP contribution in [0, 0.1) is 5.92 Å². The Labute approximate surface area is 158 Å². The van der Waals surface area contributed by atoms with E-state index in [-0.39, 0.29) is 17.6 Å². The molecule has 2 heterocycles. The van der Waals surface area contributed by atoms with Gasteiger partial charge in [-0.3, -0.25) is 0 Å². The molecule has 1 aliphatic rings. The van der Waals surface area contributed by atoms with Gasteiger partial charge in [-0.05, 0) is 11.5 Å². The van der Waals surface area contributed by atoms with E-state index in [4.69, 9.17) is 4.52 Å². The number of rotatable bonds is 5. The van der Waals surface area contributed by atoms with Crippen molar-refractivity contribution in [2.75, 3.05) is 13.1 Å². The molecule has 2 aromatic carbocycles. The molecule has 0 radical (unpaired) electrons. The van der Waals surface area contributed by atoms with Crippen LogP contribution in [0.3, 0.4) is 0 Å². The fourth-order valence-corrected chi connectivity index (χ4v) is 5.08. The molecule has 1 fully saturated rings. The van der Waals surface area contributed by atoms with Crippen LogP contribution in [0.5, 0.6) is 0 Å². The van der Waals surface area contributed by atoms with Crippen molar-refractivity contribution in [2.45, 2.75) is 18.6 Å². The first-order chi connectivity index (χ1) is 13.0. The lowest BCUT2D eigenvalue weighted by Gasteiger charge is -2.16. The van der Waals surface area contributed by atoms with Crippen LogP contribution in [-0.4, -0.2) is 36.0 Å². The first kappa shape index (κ1) is 17.9. The number of aromatic nitrogens is 2. The highest BCUT2D eigenvalue weighted by Gasteiger charge is 2.40. The van der Waals surface area contributed by atoms with Gasteiger partial charge in [0.05, 0.1) is 11.7 Å². The fourth-order valence-electron chi connectivity index (χ4n) is 3.44. The molecule has 1 aromatic heterocycles. The van der Waals surface area contributed by atoms with Crippen molar-refractivity contribution < 1.29 is 12.9 Å². The summed E-state index contributed by atoms with van der Waals surface area (Å²) in [7, 11) is -3.39. The normalized spacial score (nSPS) is 20.8. The summed E-state index contributed by atoms with van der Waals surface area (Å²) < 4.78 is 32.6. The lowest BCUT2D eigenvalue weighted by molar-refractivity contribution is 0.338. The van der Waals surface area contributed by atoms with Gasteiger partial charge >= 0.3 is 0 Å². The second-order valence-corrected chi connectivity index (χ2v) is 8.93. The van der Waals surface area contributed by atoms with Crippen molar-refractivity contribution in [3.63, 3.8) is 0 Å². The Morgan fingerprint density at radius 1 is 1.04 bits per heavy atom. The standard InChI is InChI=1S/C20H21N3O3S/c1-15-12-23(27(24,25)14-16-8-4-2-5-9-16)13-18(15)20-21-19(22-26-20)17-10-6-3-7-11-17/h2-11,15,18H,12-14H2,1H3/t15-,18-/m0/s1. The summed E-state index contributed by atoms with van der Waals surface area (Å²) in [5.74, 6) is 1.05. The Morgan fingerprint density at radius 2 is 1.70 bits per heavy atom. The zero-order valence-corrected chi connectivity index (χ0v) is 15.8. The molecule has 1 saturated heterocycles. The average Bonchev–Trinajstić information content (AvgIpc) is 3.30. The van der Waals surface area contributed by atoms with Crippen LogP contribution in [0.25, 0.3) is 11.4 Å². The van der Waals surface area contributed by atoms with Crippen LogP contribution in [0.2, 0.25) is 0 Å². The third kappa shape index (κ3) is 3.79. The first-order valence-corrected chi connectivity index (χ1v) is 10.5. The van der Waals surface area contributed by atoms with Gasteiger partial charge in [0.25, 0.3) is 0 Å². The Bertz CT molecular complexity index is 1000. The van der Waals surface area contributed by atoms with Crippen LogP contribution in [0.15, 0.2) is 65.2 Å². The Morgan fingerprint density at radius 3 is 2.41 bits per heavy atom. The van der Waals surface area contributed by atoms with Gasteiger partial charge in [-0.15, -0.1) is 0 Å². The molecule has 7 heteroatoms. The van der Waals surface area contributed by atoms with E-state index >= 15 is 0 Å². The number of sulfonamides is 1. The monoisotopic (exact) mass is 383 g/mol. The van der Waals surface area contributed by atoms with E-state index < -0.39 is 10.0 Å². The van der Waals surface area contributed by atoms with Gasteiger partial charge in [0.15, 0.2) is 0 Å². The van der Waals surface area contributed by atoms with Gasteiger partial charge < -0.3 is 4.52 Å². The number of benzene rings is 2. The van der Waals surface area contributed by atoms with E-state index in [9.17, 15) is 8.42 Å². The highest BCUT2D eigenvalue weighted by Crippen LogP contribution is 2.34. The topological polar surface area (TPSA) is 76.3 Å². The molecule has 6 nitrogen and oxygen atoms in total. The lowest BCUT2D eigenvalue weighted by Crippen LogP contribution is -2.30. The number of hydrogen-bond donors (Lipinski definition) is 0. The molecule has 3 aromatic rings. The van der Waals surface area contributed by atoms with Crippen LogP contribution in [0.1, 0.15) is 24.3 Å². The van der Waals surface area contributed by atoms with Crippen molar-refractivity contribution >= 4 is 10.0 Å². The molecule has 0 saturated carbocycles. The second-order valence-electron chi connectivity index (χ2n) is 6.96. The predicted octanol–water partition coefficient (Wildman–Crippen LogP) is 3.30. The number of hydrogen-bond acceptors (Lipinski definition) is 5. The van der Waals surface area contributed by atoms with E-state index in [0.717, 1.165) is 11.1 Å². The van der Waals surface area contributed by atoms with Crippen LogP contribution in [-0.2, 0) is 15.8 Å². The first-order valence-electron chi connectivity index (χ1n) is 8.94. The molecule has 140 valence electrons. The van der Waals surface area contributed by atoms with Crippen LogP contribution >= 0.6 is 0 Å². The van der Waals surface area contributed by atoms with Crippen LogP contribution < -0.4 is 0 Å². The minimum atomic E-state index is -3.39. The highest BCUT2D eigenvalue weighted by molar-refractivity contribution is 7.88. The molecule has 27 heavy (non-hydrogen) atoms. The third-order valence-electron chi connectivity index (χ3n) is 4.96. The fraction of sp³-hybridized carbons (Fsp3) is 0.300. The third-order valence-corrected chi connectivity index (χ3v) is 6.74. The van der Waals surface area contributed by atoms with E-state index in [2.05, 4.69) is 10.1 Å². The van der Waals surface area contributed by atoms with Gasteiger partial charge in [-0.2, -0.15) is 4.98 Å². The van der Waals surface area contributed by atoms with Gasteiger partial charge in [0, 0.05) is 18.7 Å². The molecular weight excluding hydrogens is 362 g/mol. The van der Waals surface area contributed by atoms with E-state index in [1.165, 1.54) is 0 Å². The molecule has 1 aliphatic heterocycles. The predicted molar refractivity (Wildman–Crippen MR) is 102 cm³/mol. The molecular formula is C20H21N3O3S. The molecule has 0 amide bonds. The SMILES string of the molecule is C[C@H]1CN(S(=O)(=O)Cc2ccccc2)C[C@@H]1c1nc(-c2ccccc2)no1. The summed E-state index contributed by atoms with van der Waals surface area (Å²) in [6.07, 6.45) is 0. The van der Waals surface area contributed by atoms with Crippen molar-refractivity contribution in [2.24, 2.45) is 5.92 Å². The summed E-state index contributed by atoms with van der Waals surface area (Å²) in [6, 6.07) is 18.9. The summed E-state index contributed by atoms with van der Waals surface area (Å²) in [4.78, 5) is 4.51. The molecule has 0 unspecified atom stereocenters. The Kier molecular flexibility index (Phi) is 4.80. The van der Waals surface area contributed by atoms with Gasteiger partial charge in [-0.25, -0.2) is 12.7 Å². The zero-order chi connectivity index (χ0) is 18.9. The molecule has 0 N–H and O–H groups in total. The highest BCUT2D eigenvalue weighted by atomic mass is 32.2. The summed E-state index contributed by atoms with van der Waals surface area (Å²) in [6.45, 7) is 2.85. The molecule has 0 spiro atoms. The number of nitrogens with zero attached hydrogens (tertiary/aromatic N) is 3. The van der Waals surface area contributed by atoms with Gasteiger partial charge in [0.2, 0.25) is 21.7 Å². The second kappa shape index (κ2) is 7.25. The minimum Gasteiger partial charge on any atom is -0.339 e. The molecule has 0 bridgehead atoms. The van der Waals surface area contributed by atoms with E-state index in [1.807, 2.05) is 67.6 Å². The maximum Gasteiger partial charge on any atom is 0.231 e. The summed E-state index contributed by atoms with van der Waals surface area (Å²) in [5.41, 5.74) is 1.67. The minimum absolute atomic E-state index is 0.00633. The van der Waals surface area contributed by atoms with Crippen molar-refractivity contribution in [3.05, 3.63) is 72.1 Å². The average molecular weight is 383 g/mol. The van der Waals surface area contributed by atoms with Crippen molar-refractivity contribution in [1.82, 2.24) is 14.4 Å². The quantitative estimate of drug-likeness (QED) is 0.676. The lowest BCUT2D eigenvalue weighted by atomic mass is 9.98. The van der Waals surface area contributed by atoms with Gasteiger partial charge in [-0.1, -0.05) is 72.7 Å². The summed E-state index contributed by atoms with van der Waals surface area (Å²) in [5, 5.41) is 4.07. The maximum atomic E-state index is 12.8. The Balaban J connectivity index is 1.51. The van der Waals surface area contributed by atoms with E-state index in [0.29, 0.717) is 24.8 Å². The Hall–Kier alpha value is -2.51. The molecule has 0 aliphatic carbocycles. The van der Waals surface area contributed by atoms with Gasteiger partial charge in [0.1, 0.15) is 0 Å². The smallest absolute Gasteiger partial charge is 0.231 e. The molecule has 4 rings (SSSR count). The van der Waals surface area contributed by atoms with Crippen LogP contribution in [0.4, 0.5) is 0 Å². The summed E-state index contributed by atoms with van der Waals surface area (Å²) >= 11 is 0. The van der Waals surface area contributed by atoms with Crippen molar-refractivity contribution in [1.29, 1.82) is 0 Å².